The summed E-state index contributed by atoms with van der Waals surface area (Å²) in [6.45, 7) is 4.46. The van der Waals surface area contributed by atoms with Gasteiger partial charge in [0.25, 0.3) is 10.0 Å². The molecular formula is C10H15N3O5S2. The summed E-state index contributed by atoms with van der Waals surface area (Å²) in [6, 6.07) is -1.23. The Morgan fingerprint density at radius 1 is 1.40 bits per heavy atom. The van der Waals surface area contributed by atoms with E-state index in [0.717, 1.165) is 17.5 Å². The first kappa shape index (κ1) is 16.5. The van der Waals surface area contributed by atoms with Crippen molar-refractivity contribution in [3.63, 3.8) is 0 Å². The van der Waals surface area contributed by atoms with Crippen LogP contribution < -0.4 is 10.0 Å². The van der Waals surface area contributed by atoms with E-state index < -0.39 is 28.0 Å². The molecule has 1 aromatic rings. The van der Waals surface area contributed by atoms with Gasteiger partial charge in [0.1, 0.15) is 6.04 Å². The Bertz CT molecular complexity index is 608. The molecule has 0 aliphatic rings. The van der Waals surface area contributed by atoms with Gasteiger partial charge in [-0.25, -0.2) is 13.4 Å². The lowest BCUT2D eigenvalue weighted by Crippen LogP contribution is -2.43. The standard InChI is InChI=1S/C10H15N3O5S2/c1-5(2)8(9(15)16)13-20(17,18)7-4-11-10(19-7)12-6(3)14/h4-5,8,13H,1-3H3,(H,15,16)(H,11,12,14). The molecule has 1 amide bonds. The van der Waals surface area contributed by atoms with Crippen LogP contribution in [0.3, 0.4) is 0 Å². The Morgan fingerprint density at radius 3 is 2.45 bits per heavy atom. The van der Waals surface area contributed by atoms with Gasteiger partial charge in [0, 0.05) is 6.92 Å². The second-order valence-electron chi connectivity index (χ2n) is 4.35. The number of carboxylic acids is 1. The van der Waals surface area contributed by atoms with Gasteiger partial charge in [-0.2, -0.15) is 4.72 Å². The third kappa shape index (κ3) is 4.25. The molecule has 3 N–H and O–H groups in total. The number of rotatable bonds is 6. The third-order valence-corrected chi connectivity index (χ3v) is 5.06. The fraction of sp³-hybridized carbons (Fsp3) is 0.500. The number of carbonyl (C=O) groups excluding carboxylic acids is 1. The number of carboxylic acid groups (broad SMARTS) is 1. The van der Waals surface area contributed by atoms with E-state index >= 15 is 0 Å². The first-order valence-electron chi connectivity index (χ1n) is 5.62. The first-order valence-corrected chi connectivity index (χ1v) is 7.92. The number of thiazole rings is 1. The van der Waals surface area contributed by atoms with Crippen LogP contribution in [0, 0.1) is 5.92 Å². The number of hydrogen-bond acceptors (Lipinski definition) is 6. The predicted molar refractivity (Wildman–Crippen MR) is 73.0 cm³/mol. The third-order valence-electron chi connectivity index (χ3n) is 2.25. The quantitative estimate of drug-likeness (QED) is 0.700. The van der Waals surface area contributed by atoms with Gasteiger partial charge in [-0.1, -0.05) is 25.2 Å². The normalized spacial score (nSPS) is 13.2. The van der Waals surface area contributed by atoms with Crippen molar-refractivity contribution in [1.82, 2.24) is 9.71 Å². The molecule has 0 saturated heterocycles. The number of nitrogens with zero attached hydrogens (tertiary/aromatic N) is 1. The highest BCUT2D eigenvalue weighted by atomic mass is 32.2. The predicted octanol–water partition coefficient (Wildman–Crippen LogP) is 0.489. The number of nitrogens with one attached hydrogen (secondary N) is 2. The van der Waals surface area contributed by atoms with Gasteiger partial charge in [0.05, 0.1) is 6.20 Å². The summed E-state index contributed by atoms with van der Waals surface area (Å²) < 4.78 is 26.0. The van der Waals surface area contributed by atoms with E-state index in [4.69, 9.17) is 5.11 Å². The SMILES string of the molecule is CC(=O)Nc1ncc(S(=O)(=O)NC(C(=O)O)C(C)C)s1. The van der Waals surface area contributed by atoms with Crippen molar-refractivity contribution in [2.45, 2.75) is 31.0 Å². The van der Waals surface area contributed by atoms with Crippen molar-refractivity contribution >= 4 is 38.4 Å². The molecule has 0 aliphatic heterocycles. The highest BCUT2D eigenvalue weighted by Crippen LogP contribution is 2.23. The molecule has 1 atom stereocenters. The van der Waals surface area contributed by atoms with Crippen LogP contribution in [-0.2, 0) is 19.6 Å². The maximum absolute atomic E-state index is 12.0. The van der Waals surface area contributed by atoms with E-state index in [1.165, 1.54) is 6.92 Å². The van der Waals surface area contributed by atoms with Crippen LogP contribution in [0.25, 0.3) is 0 Å². The maximum Gasteiger partial charge on any atom is 0.322 e. The minimum Gasteiger partial charge on any atom is -0.480 e. The summed E-state index contributed by atoms with van der Waals surface area (Å²) in [5.74, 6) is -2.04. The summed E-state index contributed by atoms with van der Waals surface area (Å²) in [5.41, 5.74) is 0. The molecule has 0 saturated carbocycles. The maximum atomic E-state index is 12.0. The number of carbonyl (C=O) groups is 2. The van der Waals surface area contributed by atoms with E-state index in [2.05, 4.69) is 15.0 Å². The molecule has 0 fully saturated rings. The molecule has 1 heterocycles. The van der Waals surface area contributed by atoms with Crippen LogP contribution in [0.1, 0.15) is 20.8 Å². The second-order valence-corrected chi connectivity index (χ2v) is 7.32. The summed E-state index contributed by atoms with van der Waals surface area (Å²) >= 11 is 0.747. The molecule has 1 rings (SSSR count). The van der Waals surface area contributed by atoms with E-state index in [9.17, 15) is 18.0 Å². The molecule has 8 nitrogen and oxygen atoms in total. The van der Waals surface area contributed by atoms with Crippen LogP contribution in [0.15, 0.2) is 10.4 Å². The molecule has 0 aromatic carbocycles. The van der Waals surface area contributed by atoms with E-state index in [-0.39, 0.29) is 15.2 Å². The second kappa shape index (κ2) is 6.29. The van der Waals surface area contributed by atoms with Gasteiger partial charge in [-0.3, -0.25) is 9.59 Å². The number of amides is 1. The highest BCUT2D eigenvalue weighted by Gasteiger charge is 2.29. The summed E-state index contributed by atoms with van der Waals surface area (Å²) in [5, 5.41) is 11.5. The largest absolute Gasteiger partial charge is 0.480 e. The average Bonchev–Trinajstić information content (AvgIpc) is 2.73. The molecule has 20 heavy (non-hydrogen) atoms. The van der Waals surface area contributed by atoms with E-state index in [1.807, 2.05) is 0 Å². The van der Waals surface area contributed by atoms with E-state index in [0.29, 0.717) is 0 Å². The minimum atomic E-state index is -3.99. The van der Waals surface area contributed by atoms with Gasteiger partial charge in [-0.05, 0) is 5.92 Å². The molecular weight excluding hydrogens is 306 g/mol. The average molecular weight is 321 g/mol. The molecule has 0 spiro atoms. The first-order chi connectivity index (χ1) is 9.13. The number of aliphatic carboxylic acids is 1. The summed E-state index contributed by atoms with van der Waals surface area (Å²) in [7, 11) is -3.99. The lowest BCUT2D eigenvalue weighted by atomic mass is 10.1. The molecule has 0 radical (unpaired) electrons. The highest BCUT2D eigenvalue weighted by molar-refractivity contribution is 7.91. The topological polar surface area (TPSA) is 125 Å². The van der Waals surface area contributed by atoms with Crippen LogP contribution in [0.2, 0.25) is 0 Å². The minimum absolute atomic E-state index is 0.134. The number of hydrogen-bond donors (Lipinski definition) is 3. The van der Waals surface area contributed by atoms with Crippen LogP contribution in [0.5, 0.6) is 0 Å². The van der Waals surface area contributed by atoms with Crippen molar-refractivity contribution < 1.29 is 23.1 Å². The fourth-order valence-corrected chi connectivity index (χ4v) is 3.72. The summed E-state index contributed by atoms with van der Waals surface area (Å²) in [4.78, 5) is 25.6. The van der Waals surface area contributed by atoms with Gasteiger partial charge < -0.3 is 10.4 Å². The Morgan fingerprint density at radius 2 is 2.00 bits per heavy atom. The number of aromatic nitrogens is 1. The number of anilines is 1. The van der Waals surface area contributed by atoms with Crippen LogP contribution in [-0.4, -0.2) is 36.4 Å². The van der Waals surface area contributed by atoms with Gasteiger partial charge in [0.15, 0.2) is 9.34 Å². The Hall–Kier alpha value is -1.52. The van der Waals surface area contributed by atoms with Crippen molar-refractivity contribution in [2.75, 3.05) is 5.32 Å². The lowest BCUT2D eigenvalue weighted by Gasteiger charge is -2.16. The zero-order valence-electron chi connectivity index (χ0n) is 11.1. The van der Waals surface area contributed by atoms with Gasteiger partial charge in [-0.15, -0.1) is 0 Å². The smallest absolute Gasteiger partial charge is 0.322 e. The Balaban J connectivity index is 2.96. The Kier molecular flexibility index (Phi) is 5.20. The fourth-order valence-electron chi connectivity index (χ4n) is 1.29. The van der Waals surface area contributed by atoms with Crippen LogP contribution in [0.4, 0.5) is 5.13 Å². The molecule has 1 unspecified atom stereocenters. The molecule has 0 aliphatic carbocycles. The van der Waals surface area contributed by atoms with Gasteiger partial charge >= 0.3 is 5.97 Å². The monoisotopic (exact) mass is 321 g/mol. The molecule has 0 bridgehead atoms. The Labute approximate surface area is 120 Å². The zero-order valence-corrected chi connectivity index (χ0v) is 12.7. The molecule has 1 aromatic heterocycles. The summed E-state index contributed by atoms with van der Waals surface area (Å²) in [6.07, 6.45) is 1.07. The lowest BCUT2D eigenvalue weighted by molar-refractivity contribution is -0.140. The van der Waals surface area contributed by atoms with Crippen LogP contribution >= 0.6 is 11.3 Å². The van der Waals surface area contributed by atoms with Crippen molar-refractivity contribution in [3.8, 4) is 0 Å². The molecule has 112 valence electrons. The van der Waals surface area contributed by atoms with Crippen molar-refractivity contribution in [1.29, 1.82) is 0 Å². The number of sulfonamides is 1. The van der Waals surface area contributed by atoms with Gasteiger partial charge in [0.2, 0.25) is 5.91 Å². The molecule has 10 heteroatoms. The van der Waals surface area contributed by atoms with Crippen molar-refractivity contribution in [3.05, 3.63) is 6.20 Å². The zero-order chi connectivity index (χ0) is 15.5. The van der Waals surface area contributed by atoms with Crippen molar-refractivity contribution in [2.24, 2.45) is 5.92 Å². The van der Waals surface area contributed by atoms with E-state index in [1.54, 1.807) is 13.8 Å².